The lowest BCUT2D eigenvalue weighted by atomic mass is 10.0. The van der Waals surface area contributed by atoms with E-state index in [1.54, 1.807) is 24.1 Å². The van der Waals surface area contributed by atoms with E-state index < -0.39 is 0 Å². The number of benzene rings is 1. The zero-order valence-corrected chi connectivity index (χ0v) is 12.9. The lowest BCUT2D eigenvalue weighted by molar-refractivity contribution is 0.0725. The van der Waals surface area contributed by atoms with E-state index in [4.69, 9.17) is 0 Å². The smallest absolute Gasteiger partial charge is 0.257 e. The van der Waals surface area contributed by atoms with Crippen molar-refractivity contribution in [2.24, 2.45) is 5.92 Å². The third-order valence-corrected chi connectivity index (χ3v) is 3.48. The third kappa shape index (κ3) is 3.73. The lowest BCUT2D eigenvalue weighted by Gasteiger charge is -2.26. The quantitative estimate of drug-likeness (QED) is 0.921. The maximum Gasteiger partial charge on any atom is 0.257 e. The highest BCUT2D eigenvalue weighted by molar-refractivity contribution is 9.10. The van der Waals surface area contributed by atoms with Gasteiger partial charge in [-0.05, 0) is 37.5 Å². The first-order chi connectivity index (χ1) is 8.32. The number of phenols is 1. The molecule has 0 aliphatic carbocycles. The van der Waals surface area contributed by atoms with Crippen molar-refractivity contribution in [2.75, 3.05) is 7.05 Å². The predicted molar refractivity (Wildman–Crippen MR) is 76.8 cm³/mol. The molecule has 0 bridgehead atoms. The summed E-state index contributed by atoms with van der Waals surface area (Å²) >= 11 is 3.26. The van der Waals surface area contributed by atoms with Gasteiger partial charge < -0.3 is 10.0 Å². The summed E-state index contributed by atoms with van der Waals surface area (Å²) in [6.07, 6.45) is 0.944. The molecule has 1 atom stereocenters. The van der Waals surface area contributed by atoms with Crippen LogP contribution in [0.2, 0.25) is 0 Å². The molecule has 3 nitrogen and oxygen atoms in total. The van der Waals surface area contributed by atoms with Crippen molar-refractivity contribution in [3.05, 3.63) is 28.2 Å². The van der Waals surface area contributed by atoms with Gasteiger partial charge in [-0.25, -0.2) is 0 Å². The van der Waals surface area contributed by atoms with Gasteiger partial charge in [0.1, 0.15) is 5.75 Å². The minimum absolute atomic E-state index is 0.0120. The third-order valence-electron chi connectivity index (χ3n) is 2.98. The van der Waals surface area contributed by atoms with Crippen molar-refractivity contribution in [2.45, 2.75) is 33.2 Å². The molecule has 18 heavy (non-hydrogen) atoms. The minimum atomic E-state index is -0.145. The van der Waals surface area contributed by atoms with Crippen LogP contribution in [0.3, 0.4) is 0 Å². The zero-order valence-electron chi connectivity index (χ0n) is 11.3. The normalized spacial score (nSPS) is 12.6. The fourth-order valence-corrected chi connectivity index (χ4v) is 2.27. The van der Waals surface area contributed by atoms with Crippen LogP contribution in [0.4, 0.5) is 0 Å². The van der Waals surface area contributed by atoms with Gasteiger partial charge in [-0.15, -0.1) is 0 Å². The summed E-state index contributed by atoms with van der Waals surface area (Å²) in [7, 11) is 1.77. The zero-order chi connectivity index (χ0) is 13.9. The van der Waals surface area contributed by atoms with Gasteiger partial charge in [0.25, 0.3) is 5.91 Å². The average Bonchev–Trinajstić information content (AvgIpc) is 2.26. The van der Waals surface area contributed by atoms with Crippen LogP contribution in [0.15, 0.2) is 22.7 Å². The number of rotatable bonds is 4. The van der Waals surface area contributed by atoms with E-state index in [9.17, 15) is 9.90 Å². The van der Waals surface area contributed by atoms with Crippen molar-refractivity contribution in [3.63, 3.8) is 0 Å². The summed E-state index contributed by atoms with van der Waals surface area (Å²) in [5.41, 5.74) is 0.344. The second kappa shape index (κ2) is 6.23. The first-order valence-electron chi connectivity index (χ1n) is 6.08. The molecule has 4 heteroatoms. The molecule has 0 aliphatic heterocycles. The number of hydrogen-bond acceptors (Lipinski definition) is 2. The van der Waals surface area contributed by atoms with Crippen molar-refractivity contribution >= 4 is 21.8 Å². The molecule has 0 aromatic heterocycles. The SMILES string of the molecule is CC(C)CC(C)N(C)C(=O)c1ccc(Br)cc1O. The van der Waals surface area contributed by atoms with Crippen LogP contribution >= 0.6 is 15.9 Å². The molecule has 1 aromatic carbocycles. The number of amides is 1. The van der Waals surface area contributed by atoms with E-state index >= 15 is 0 Å². The summed E-state index contributed by atoms with van der Waals surface area (Å²) < 4.78 is 0.759. The van der Waals surface area contributed by atoms with Crippen LogP contribution in [0.1, 0.15) is 37.6 Å². The Hall–Kier alpha value is -1.03. The number of carbonyl (C=O) groups is 1. The van der Waals surface area contributed by atoms with E-state index in [1.165, 1.54) is 6.07 Å². The maximum absolute atomic E-state index is 12.3. The summed E-state index contributed by atoms with van der Waals surface area (Å²) in [6, 6.07) is 5.09. The molecule has 1 rings (SSSR count). The van der Waals surface area contributed by atoms with E-state index in [2.05, 4.69) is 29.8 Å². The van der Waals surface area contributed by atoms with Crippen LogP contribution in [0, 0.1) is 5.92 Å². The Bertz CT molecular complexity index is 432. The molecule has 1 amide bonds. The Labute approximate surface area is 117 Å². The van der Waals surface area contributed by atoms with Crippen LogP contribution in [-0.2, 0) is 0 Å². The van der Waals surface area contributed by atoms with Crippen LogP contribution in [-0.4, -0.2) is 29.0 Å². The second-order valence-electron chi connectivity index (χ2n) is 5.06. The predicted octanol–water partition coefficient (Wildman–Crippen LogP) is 3.66. The van der Waals surface area contributed by atoms with Crippen molar-refractivity contribution in [1.29, 1.82) is 0 Å². The van der Waals surface area contributed by atoms with Gasteiger partial charge in [0, 0.05) is 17.6 Å². The number of carbonyl (C=O) groups excluding carboxylic acids is 1. The summed E-state index contributed by atoms with van der Waals surface area (Å²) in [5.74, 6) is 0.403. The molecule has 0 saturated heterocycles. The van der Waals surface area contributed by atoms with Gasteiger partial charge in [0.2, 0.25) is 0 Å². The Balaban J connectivity index is 2.86. The monoisotopic (exact) mass is 313 g/mol. The second-order valence-corrected chi connectivity index (χ2v) is 5.97. The van der Waals surface area contributed by atoms with Gasteiger partial charge >= 0.3 is 0 Å². The molecule has 1 aromatic rings. The minimum Gasteiger partial charge on any atom is -0.507 e. The van der Waals surface area contributed by atoms with Crippen LogP contribution in [0.5, 0.6) is 5.75 Å². The van der Waals surface area contributed by atoms with Crippen molar-refractivity contribution < 1.29 is 9.90 Å². The number of halogens is 1. The van der Waals surface area contributed by atoms with Gasteiger partial charge in [-0.1, -0.05) is 29.8 Å². The Morgan fingerprint density at radius 1 is 1.39 bits per heavy atom. The maximum atomic E-state index is 12.3. The molecule has 0 heterocycles. The Morgan fingerprint density at radius 3 is 2.50 bits per heavy atom. The van der Waals surface area contributed by atoms with Crippen LogP contribution in [0.25, 0.3) is 0 Å². The average molecular weight is 314 g/mol. The Kier molecular flexibility index (Phi) is 5.20. The molecular formula is C14H20BrNO2. The molecule has 0 radical (unpaired) electrons. The lowest BCUT2D eigenvalue weighted by Crippen LogP contribution is -2.35. The highest BCUT2D eigenvalue weighted by Gasteiger charge is 2.20. The topological polar surface area (TPSA) is 40.5 Å². The molecule has 0 spiro atoms. The molecule has 100 valence electrons. The van der Waals surface area contributed by atoms with Gasteiger partial charge in [0.15, 0.2) is 0 Å². The first kappa shape index (κ1) is 15.0. The number of phenolic OH excluding ortho intramolecular Hbond substituents is 1. The van der Waals surface area contributed by atoms with E-state index in [0.717, 1.165) is 10.9 Å². The molecule has 0 fully saturated rings. The fraction of sp³-hybridized carbons (Fsp3) is 0.500. The summed E-state index contributed by atoms with van der Waals surface area (Å²) in [4.78, 5) is 13.9. The van der Waals surface area contributed by atoms with E-state index in [1.807, 2.05) is 6.92 Å². The summed E-state index contributed by atoms with van der Waals surface area (Å²) in [5, 5.41) is 9.80. The summed E-state index contributed by atoms with van der Waals surface area (Å²) in [6.45, 7) is 6.28. The highest BCUT2D eigenvalue weighted by Crippen LogP contribution is 2.24. The molecule has 0 aliphatic rings. The largest absolute Gasteiger partial charge is 0.507 e. The van der Waals surface area contributed by atoms with E-state index in [-0.39, 0.29) is 17.7 Å². The number of hydrogen-bond donors (Lipinski definition) is 1. The number of nitrogens with zero attached hydrogens (tertiary/aromatic N) is 1. The Morgan fingerprint density at radius 2 is 2.00 bits per heavy atom. The molecule has 0 saturated carbocycles. The van der Waals surface area contributed by atoms with E-state index in [0.29, 0.717) is 11.5 Å². The molecule has 1 N–H and O–H groups in total. The van der Waals surface area contributed by atoms with Crippen LogP contribution < -0.4 is 0 Å². The number of aromatic hydroxyl groups is 1. The van der Waals surface area contributed by atoms with Crippen molar-refractivity contribution in [3.8, 4) is 5.75 Å². The molecular weight excluding hydrogens is 294 g/mol. The standard InChI is InChI=1S/C14H20BrNO2/c1-9(2)7-10(3)16(4)14(18)12-6-5-11(15)8-13(12)17/h5-6,8-10,17H,7H2,1-4H3. The first-order valence-corrected chi connectivity index (χ1v) is 6.88. The van der Waals surface area contributed by atoms with Gasteiger partial charge in [-0.2, -0.15) is 0 Å². The molecule has 1 unspecified atom stereocenters. The van der Waals surface area contributed by atoms with Gasteiger partial charge in [0.05, 0.1) is 5.56 Å². The fourth-order valence-electron chi connectivity index (χ4n) is 1.92. The van der Waals surface area contributed by atoms with Crippen molar-refractivity contribution in [1.82, 2.24) is 4.90 Å². The highest BCUT2D eigenvalue weighted by atomic mass is 79.9. The van der Waals surface area contributed by atoms with Gasteiger partial charge in [-0.3, -0.25) is 4.79 Å².